The highest BCUT2D eigenvalue weighted by Gasteiger charge is 2.41. The predicted molar refractivity (Wildman–Crippen MR) is 134 cm³/mol. The Kier molecular flexibility index (Phi) is 9.54. The lowest BCUT2D eigenvalue weighted by Gasteiger charge is -2.28. The summed E-state index contributed by atoms with van der Waals surface area (Å²) < 4.78 is 5.46. The number of rotatable bonds is 12. The number of nitrogens with two attached hydrogens (primary N) is 1. The van der Waals surface area contributed by atoms with Gasteiger partial charge in [-0.2, -0.15) is 0 Å². The maximum Gasteiger partial charge on any atom is 0.317 e. The molecule has 192 valence electrons. The van der Waals surface area contributed by atoms with Crippen LogP contribution in [-0.2, 0) is 32.1 Å². The average Bonchev–Trinajstić information content (AvgIpc) is 3.32. The Morgan fingerprint density at radius 1 is 1.14 bits per heavy atom. The van der Waals surface area contributed by atoms with Crippen LogP contribution >= 0.6 is 0 Å². The zero-order chi connectivity index (χ0) is 26.1. The number of amides is 2. The van der Waals surface area contributed by atoms with Crippen LogP contribution in [0.1, 0.15) is 29.5 Å². The van der Waals surface area contributed by atoms with Crippen molar-refractivity contribution in [3.05, 3.63) is 71.3 Å². The van der Waals surface area contributed by atoms with Crippen molar-refractivity contribution in [1.82, 2.24) is 15.5 Å². The minimum Gasteiger partial charge on any atom is -0.480 e. The van der Waals surface area contributed by atoms with Crippen LogP contribution in [0.5, 0.6) is 0 Å². The molecule has 0 aromatic heterocycles. The smallest absolute Gasteiger partial charge is 0.317 e. The van der Waals surface area contributed by atoms with E-state index in [9.17, 15) is 14.4 Å². The molecule has 0 aliphatic carbocycles. The maximum atomic E-state index is 13.5. The summed E-state index contributed by atoms with van der Waals surface area (Å²) >= 11 is 0. The van der Waals surface area contributed by atoms with Gasteiger partial charge in [-0.15, -0.1) is 0 Å². The number of aryl methyl sites for hydroxylation is 1. The number of hydrogen-bond acceptors (Lipinski definition) is 6. The summed E-state index contributed by atoms with van der Waals surface area (Å²) in [5, 5.41) is 22.3. The minimum atomic E-state index is -1.06. The van der Waals surface area contributed by atoms with E-state index in [0.29, 0.717) is 24.8 Å². The Morgan fingerprint density at radius 3 is 2.44 bits per heavy atom. The van der Waals surface area contributed by atoms with E-state index in [2.05, 4.69) is 10.6 Å². The number of carboxylic acid groups (broad SMARTS) is 1. The number of nitrogen functional groups attached to an aromatic ring is 1. The molecule has 3 atom stereocenters. The molecule has 2 aromatic rings. The van der Waals surface area contributed by atoms with Crippen LogP contribution in [-0.4, -0.2) is 72.0 Å². The van der Waals surface area contributed by atoms with Crippen LogP contribution in [0.2, 0.25) is 0 Å². The summed E-state index contributed by atoms with van der Waals surface area (Å²) in [6.07, 6.45) is 1.02. The molecule has 1 heterocycles. The SMILES string of the molecule is CO[C@H]1C[C@@H](C(=O)NCc2ccc(C(=N)N)cc2)N(C(=O)[C@@H](CCc2ccccc2)NCC(=O)O)C1. The number of carboxylic acids is 1. The molecule has 1 saturated heterocycles. The fraction of sp³-hybridized carbons (Fsp3) is 0.385. The largest absolute Gasteiger partial charge is 0.480 e. The van der Waals surface area contributed by atoms with Crippen molar-refractivity contribution in [2.75, 3.05) is 20.2 Å². The van der Waals surface area contributed by atoms with Crippen molar-refractivity contribution in [3.63, 3.8) is 0 Å². The molecule has 10 nitrogen and oxygen atoms in total. The summed E-state index contributed by atoms with van der Waals surface area (Å²) in [5.41, 5.74) is 7.94. The van der Waals surface area contributed by atoms with E-state index in [0.717, 1.165) is 11.1 Å². The van der Waals surface area contributed by atoms with Gasteiger partial charge < -0.3 is 25.8 Å². The molecule has 3 rings (SSSR count). The maximum absolute atomic E-state index is 13.5. The fourth-order valence-electron chi connectivity index (χ4n) is 4.25. The molecule has 1 aliphatic heterocycles. The lowest BCUT2D eigenvalue weighted by Crippen LogP contribution is -2.53. The third-order valence-electron chi connectivity index (χ3n) is 6.28. The first-order valence-electron chi connectivity index (χ1n) is 11.8. The van der Waals surface area contributed by atoms with Crippen molar-refractivity contribution in [2.24, 2.45) is 5.73 Å². The highest BCUT2D eigenvalue weighted by Crippen LogP contribution is 2.22. The number of ether oxygens (including phenoxy) is 1. The van der Waals surface area contributed by atoms with E-state index < -0.39 is 18.1 Å². The highest BCUT2D eigenvalue weighted by molar-refractivity contribution is 5.95. The van der Waals surface area contributed by atoms with Crippen molar-refractivity contribution < 1.29 is 24.2 Å². The van der Waals surface area contributed by atoms with E-state index in [-0.39, 0.29) is 43.4 Å². The molecular formula is C26H33N5O5. The number of hydrogen-bond donors (Lipinski definition) is 5. The second kappa shape index (κ2) is 12.8. The van der Waals surface area contributed by atoms with Crippen molar-refractivity contribution >= 4 is 23.6 Å². The van der Waals surface area contributed by atoms with Crippen LogP contribution < -0.4 is 16.4 Å². The molecule has 0 unspecified atom stereocenters. The second-order valence-electron chi connectivity index (χ2n) is 8.78. The van der Waals surface area contributed by atoms with Crippen molar-refractivity contribution in [2.45, 2.75) is 44.0 Å². The highest BCUT2D eigenvalue weighted by atomic mass is 16.5. The standard InChI is InChI=1S/C26H33N5O5/c1-36-20-13-22(25(34)30-14-18-7-10-19(11-8-18)24(27)28)31(16-20)26(35)21(29-15-23(32)33)12-9-17-5-3-2-4-6-17/h2-8,10-11,20-22,29H,9,12-16H2,1H3,(H3,27,28)(H,30,34)(H,32,33)/t20-,21+,22-/m0/s1. The Balaban J connectivity index is 1.69. The molecule has 1 aliphatic rings. The molecule has 2 aromatic carbocycles. The summed E-state index contributed by atoms with van der Waals surface area (Å²) in [5.74, 6) is -1.72. The third-order valence-corrected chi connectivity index (χ3v) is 6.28. The molecule has 1 fully saturated rings. The zero-order valence-electron chi connectivity index (χ0n) is 20.3. The van der Waals surface area contributed by atoms with Gasteiger partial charge in [-0.3, -0.25) is 25.1 Å². The van der Waals surface area contributed by atoms with Crippen molar-refractivity contribution in [1.29, 1.82) is 5.41 Å². The Hall–Kier alpha value is -3.76. The van der Waals surface area contributed by atoms with Crippen LogP contribution in [0.4, 0.5) is 0 Å². The van der Waals surface area contributed by atoms with Crippen molar-refractivity contribution in [3.8, 4) is 0 Å². The molecule has 0 saturated carbocycles. The van der Waals surface area contributed by atoms with Gasteiger partial charge in [0.1, 0.15) is 11.9 Å². The zero-order valence-corrected chi connectivity index (χ0v) is 20.3. The fourth-order valence-corrected chi connectivity index (χ4v) is 4.25. The normalized spacial score (nSPS) is 18.0. The number of carbonyl (C=O) groups excluding carboxylic acids is 2. The number of benzene rings is 2. The lowest BCUT2D eigenvalue weighted by atomic mass is 10.0. The molecule has 6 N–H and O–H groups in total. The van der Waals surface area contributed by atoms with Crippen LogP contribution in [0.3, 0.4) is 0 Å². The molecular weight excluding hydrogens is 462 g/mol. The summed E-state index contributed by atoms with van der Waals surface area (Å²) in [7, 11) is 1.54. The molecule has 0 radical (unpaired) electrons. The van der Waals surface area contributed by atoms with Gasteiger partial charge in [0.2, 0.25) is 11.8 Å². The van der Waals surface area contributed by atoms with Crippen LogP contribution in [0.15, 0.2) is 54.6 Å². The summed E-state index contributed by atoms with van der Waals surface area (Å²) in [6, 6.07) is 15.1. The number of amidine groups is 1. The van der Waals surface area contributed by atoms with Gasteiger partial charge in [-0.25, -0.2) is 0 Å². The first kappa shape index (κ1) is 26.8. The number of nitrogens with one attached hydrogen (secondary N) is 3. The predicted octanol–water partition coefficient (Wildman–Crippen LogP) is 0.878. The summed E-state index contributed by atoms with van der Waals surface area (Å²) in [4.78, 5) is 39.3. The van der Waals surface area contributed by atoms with Crippen LogP contribution in [0, 0.1) is 5.41 Å². The minimum absolute atomic E-state index is 0.0328. The Morgan fingerprint density at radius 2 is 1.83 bits per heavy atom. The molecule has 10 heteroatoms. The molecule has 0 bridgehead atoms. The van der Waals surface area contributed by atoms with Gasteiger partial charge in [0, 0.05) is 32.2 Å². The average molecular weight is 496 g/mol. The van der Waals surface area contributed by atoms with E-state index in [4.69, 9.17) is 21.0 Å². The number of methoxy groups -OCH3 is 1. The number of likely N-dealkylation sites (tertiary alicyclic amines) is 1. The number of aliphatic carboxylic acids is 1. The monoisotopic (exact) mass is 495 g/mol. The van der Waals surface area contributed by atoms with Crippen LogP contribution in [0.25, 0.3) is 0 Å². The number of nitrogens with zero attached hydrogens (tertiary/aromatic N) is 1. The van der Waals surface area contributed by atoms with Gasteiger partial charge in [0.05, 0.1) is 18.7 Å². The van der Waals surface area contributed by atoms with E-state index in [1.807, 2.05) is 30.3 Å². The van der Waals surface area contributed by atoms with E-state index in [1.165, 1.54) is 4.90 Å². The summed E-state index contributed by atoms with van der Waals surface area (Å²) in [6.45, 7) is 0.138. The quantitative estimate of drug-likeness (QED) is 0.216. The molecule has 0 spiro atoms. The van der Waals surface area contributed by atoms with Gasteiger partial charge in [0.25, 0.3) is 0 Å². The first-order chi connectivity index (χ1) is 17.3. The second-order valence-corrected chi connectivity index (χ2v) is 8.78. The topological polar surface area (TPSA) is 158 Å². The van der Waals surface area contributed by atoms with Gasteiger partial charge in [-0.05, 0) is 24.0 Å². The first-order valence-corrected chi connectivity index (χ1v) is 11.8. The lowest BCUT2D eigenvalue weighted by molar-refractivity contribution is -0.141. The Bertz CT molecular complexity index is 1060. The molecule has 36 heavy (non-hydrogen) atoms. The van der Waals surface area contributed by atoms with Gasteiger partial charge in [0.15, 0.2) is 0 Å². The molecule has 2 amide bonds. The van der Waals surface area contributed by atoms with Gasteiger partial charge in [-0.1, -0.05) is 54.6 Å². The number of carbonyl (C=O) groups is 3. The van der Waals surface area contributed by atoms with E-state index >= 15 is 0 Å². The van der Waals surface area contributed by atoms with Gasteiger partial charge >= 0.3 is 5.97 Å². The third kappa shape index (κ3) is 7.37. The van der Waals surface area contributed by atoms with E-state index in [1.54, 1.807) is 31.4 Å². The Labute approximate surface area is 210 Å².